The number of hydrogen-bond acceptors (Lipinski definition) is 3. The van der Waals surface area contributed by atoms with Gasteiger partial charge in [0.05, 0.1) is 11.8 Å². The van der Waals surface area contributed by atoms with Crippen LogP contribution < -0.4 is 5.32 Å². The summed E-state index contributed by atoms with van der Waals surface area (Å²) < 4.78 is 0. The number of nitrogens with zero attached hydrogens (tertiary/aromatic N) is 1. The fourth-order valence-electron chi connectivity index (χ4n) is 5.25. The van der Waals surface area contributed by atoms with E-state index in [1.807, 2.05) is 13.8 Å². The van der Waals surface area contributed by atoms with Crippen molar-refractivity contribution in [3.8, 4) is 0 Å². The molecular formula is C21H23Br2ClN2O3. The highest BCUT2D eigenvalue weighted by atomic mass is 79.9. The Morgan fingerprint density at radius 3 is 2.28 bits per heavy atom. The van der Waals surface area contributed by atoms with E-state index < -0.39 is 6.04 Å². The van der Waals surface area contributed by atoms with Crippen molar-refractivity contribution in [3.63, 3.8) is 0 Å². The first-order valence-electron chi connectivity index (χ1n) is 9.92. The quantitative estimate of drug-likeness (QED) is 0.438. The summed E-state index contributed by atoms with van der Waals surface area (Å²) in [5.41, 5.74) is 0.552. The molecule has 8 heteroatoms. The molecule has 1 heterocycles. The van der Waals surface area contributed by atoms with E-state index in [1.165, 1.54) is 4.90 Å². The summed E-state index contributed by atoms with van der Waals surface area (Å²) in [6.45, 7) is 3.97. The van der Waals surface area contributed by atoms with Crippen LogP contribution in [0.4, 0.5) is 5.69 Å². The lowest BCUT2D eigenvalue weighted by molar-refractivity contribution is -0.147. The minimum absolute atomic E-state index is 0.131. The Labute approximate surface area is 192 Å². The van der Waals surface area contributed by atoms with E-state index >= 15 is 0 Å². The molecule has 1 saturated heterocycles. The summed E-state index contributed by atoms with van der Waals surface area (Å²) in [6.07, 6.45) is 1.30. The van der Waals surface area contributed by atoms with Gasteiger partial charge in [0, 0.05) is 20.4 Å². The molecule has 156 valence electrons. The van der Waals surface area contributed by atoms with Crippen LogP contribution in [0.1, 0.15) is 26.7 Å². The number of amides is 3. The Hall–Kier alpha value is -0.920. The molecule has 3 aliphatic rings. The third-order valence-corrected chi connectivity index (χ3v) is 9.86. The van der Waals surface area contributed by atoms with Gasteiger partial charge in [0.25, 0.3) is 0 Å². The predicted octanol–water partition coefficient (Wildman–Crippen LogP) is 4.47. The third kappa shape index (κ3) is 3.57. The highest BCUT2D eigenvalue weighted by molar-refractivity contribution is 9.12. The second-order valence-electron chi connectivity index (χ2n) is 8.70. The van der Waals surface area contributed by atoms with Gasteiger partial charge in [0.15, 0.2) is 0 Å². The summed E-state index contributed by atoms with van der Waals surface area (Å²) in [5.74, 6) is -0.959. The lowest BCUT2D eigenvalue weighted by Gasteiger charge is -2.28. The van der Waals surface area contributed by atoms with Gasteiger partial charge in [-0.2, -0.15) is 0 Å². The van der Waals surface area contributed by atoms with Gasteiger partial charge in [-0.3, -0.25) is 19.3 Å². The van der Waals surface area contributed by atoms with E-state index in [2.05, 4.69) is 37.2 Å². The minimum Gasteiger partial charge on any atom is -0.324 e. The molecule has 1 aromatic rings. The lowest BCUT2D eigenvalue weighted by atomic mass is 9.81. The number of rotatable bonds is 5. The molecule has 29 heavy (non-hydrogen) atoms. The van der Waals surface area contributed by atoms with E-state index in [1.54, 1.807) is 24.3 Å². The van der Waals surface area contributed by atoms with Gasteiger partial charge in [0.2, 0.25) is 17.7 Å². The normalized spacial score (nSPS) is 34.1. The van der Waals surface area contributed by atoms with Crippen molar-refractivity contribution in [2.75, 3.05) is 5.32 Å². The molecule has 3 fully saturated rings. The topological polar surface area (TPSA) is 66.5 Å². The van der Waals surface area contributed by atoms with Crippen molar-refractivity contribution in [3.05, 3.63) is 29.3 Å². The standard InChI is InChI=1S/C21H23Br2ClN2O3/c1-9(2)6-14(19(27)25-11-5-3-4-10(24)7-11)26-20(28)15-12-8-13(16(15)21(26)29)18(23)17(12)22/h3-5,7,9,12-18H,6,8H2,1-2H3,(H,25,27)/t12-,13-,14-,15-,16-,17+,18+/m1/s1. The summed E-state index contributed by atoms with van der Waals surface area (Å²) >= 11 is 13.4. The van der Waals surface area contributed by atoms with E-state index in [0.29, 0.717) is 17.1 Å². The third-order valence-electron chi connectivity index (χ3n) is 6.42. The first-order chi connectivity index (χ1) is 13.7. The number of carbonyl (C=O) groups excluding carboxylic acids is 3. The van der Waals surface area contributed by atoms with Crippen LogP contribution in [-0.4, -0.2) is 38.3 Å². The molecule has 1 N–H and O–H groups in total. The first-order valence-corrected chi connectivity index (χ1v) is 12.1. The maximum atomic E-state index is 13.3. The first kappa shape index (κ1) is 21.3. The lowest BCUT2D eigenvalue weighted by Crippen LogP contribution is -2.49. The molecule has 2 bridgehead atoms. The number of anilines is 1. The van der Waals surface area contributed by atoms with E-state index in [0.717, 1.165) is 6.42 Å². The van der Waals surface area contributed by atoms with Crippen LogP contribution in [0.5, 0.6) is 0 Å². The molecule has 0 spiro atoms. The zero-order valence-electron chi connectivity index (χ0n) is 16.1. The molecule has 0 radical (unpaired) electrons. The molecule has 2 saturated carbocycles. The fraction of sp³-hybridized carbons (Fsp3) is 0.571. The van der Waals surface area contributed by atoms with Crippen molar-refractivity contribution in [2.45, 2.75) is 42.4 Å². The molecule has 0 unspecified atom stereocenters. The van der Waals surface area contributed by atoms with Crippen molar-refractivity contribution in [1.82, 2.24) is 4.90 Å². The molecule has 4 rings (SSSR count). The highest BCUT2D eigenvalue weighted by Gasteiger charge is 2.67. The Bertz CT molecular complexity index is 832. The van der Waals surface area contributed by atoms with Gasteiger partial charge in [-0.15, -0.1) is 0 Å². The number of nitrogens with one attached hydrogen (secondary N) is 1. The highest BCUT2D eigenvalue weighted by Crippen LogP contribution is 2.60. The maximum absolute atomic E-state index is 13.3. The van der Waals surface area contributed by atoms with Crippen LogP contribution in [0.25, 0.3) is 0 Å². The Kier molecular flexibility index (Phi) is 5.86. The number of alkyl halides is 2. The summed E-state index contributed by atoms with van der Waals surface area (Å²) in [5, 5.41) is 3.35. The molecular weight excluding hydrogens is 524 g/mol. The van der Waals surface area contributed by atoms with Gasteiger partial charge in [0.1, 0.15) is 6.04 Å². The van der Waals surface area contributed by atoms with E-state index in [9.17, 15) is 14.4 Å². The van der Waals surface area contributed by atoms with E-state index in [4.69, 9.17) is 11.6 Å². The molecule has 1 aliphatic heterocycles. The average molecular weight is 547 g/mol. The summed E-state index contributed by atoms with van der Waals surface area (Å²) in [4.78, 5) is 41.4. The van der Waals surface area contributed by atoms with Gasteiger partial charge in [-0.05, 0) is 48.8 Å². The van der Waals surface area contributed by atoms with Crippen molar-refractivity contribution >= 4 is 66.9 Å². The SMILES string of the molecule is CC(C)C[C@H](C(=O)Nc1cccc(Cl)c1)N1C(=O)[C@@H]2[C@H]3C[C@@H]([C@H](Br)[C@H]3Br)[C@H]2C1=O. The van der Waals surface area contributed by atoms with Crippen LogP contribution >= 0.6 is 43.5 Å². The van der Waals surface area contributed by atoms with Crippen molar-refractivity contribution in [1.29, 1.82) is 0 Å². The van der Waals surface area contributed by atoms with Crippen molar-refractivity contribution in [2.24, 2.45) is 29.6 Å². The molecule has 0 aromatic heterocycles. The minimum atomic E-state index is -0.818. The molecule has 2 aliphatic carbocycles. The van der Waals surface area contributed by atoms with Gasteiger partial charge < -0.3 is 5.32 Å². The zero-order chi connectivity index (χ0) is 21.0. The Morgan fingerprint density at radius 2 is 1.76 bits per heavy atom. The van der Waals surface area contributed by atoms with Crippen LogP contribution in [0.15, 0.2) is 24.3 Å². The number of fused-ring (bicyclic) bond motifs is 5. The van der Waals surface area contributed by atoms with Crippen LogP contribution in [0.3, 0.4) is 0 Å². The molecule has 3 amide bonds. The second kappa shape index (κ2) is 7.97. The largest absolute Gasteiger partial charge is 0.324 e. The molecule has 5 nitrogen and oxygen atoms in total. The predicted molar refractivity (Wildman–Crippen MR) is 119 cm³/mol. The van der Waals surface area contributed by atoms with Gasteiger partial charge >= 0.3 is 0 Å². The number of benzene rings is 1. The Balaban J connectivity index is 1.61. The number of likely N-dealkylation sites (tertiary alicyclic amines) is 1. The average Bonchev–Trinajstić information content (AvgIpc) is 3.25. The fourth-order valence-corrected chi connectivity index (χ4v) is 7.31. The smallest absolute Gasteiger partial charge is 0.247 e. The summed E-state index contributed by atoms with van der Waals surface area (Å²) in [6, 6.07) is 6.04. The number of carbonyl (C=O) groups is 3. The van der Waals surface area contributed by atoms with E-state index in [-0.39, 0.29) is 57.0 Å². The second-order valence-corrected chi connectivity index (χ2v) is 11.2. The number of halogens is 3. The number of imide groups is 1. The Morgan fingerprint density at radius 1 is 1.17 bits per heavy atom. The maximum Gasteiger partial charge on any atom is 0.247 e. The van der Waals surface area contributed by atoms with Crippen LogP contribution in [-0.2, 0) is 14.4 Å². The van der Waals surface area contributed by atoms with Crippen LogP contribution in [0, 0.1) is 29.6 Å². The molecule has 7 atom stereocenters. The summed E-state index contributed by atoms with van der Waals surface area (Å²) in [7, 11) is 0. The number of hydrogen-bond donors (Lipinski definition) is 1. The van der Waals surface area contributed by atoms with Crippen LogP contribution in [0.2, 0.25) is 5.02 Å². The molecule has 1 aromatic carbocycles. The van der Waals surface area contributed by atoms with Gasteiger partial charge in [-0.1, -0.05) is 63.4 Å². The van der Waals surface area contributed by atoms with Crippen molar-refractivity contribution < 1.29 is 14.4 Å². The zero-order valence-corrected chi connectivity index (χ0v) is 20.1. The van der Waals surface area contributed by atoms with Gasteiger partial charge in [-0.25, -0.2) is 0 Å². The monoisotopic (exact) mass is 544 g/mol.